The Morgan fingerprint density at radius 2 is 2.00 bits per heavy atom. The van der Waals surface area contributed by atoms with Gasteiger partial charge in [-0.1, -0.05) is 0 Å². The lowest BCUT2D eigenvalue weighted by Gasteiger charge is -2.07. The van der Waals surface area contributed by atoms with Crippen LogP contribution in [0.1, 0.15) is 10.4 Å². The average Bonchev–Trinajstić information content (AvgIpc) is 2.14. The van der Waals surface area contributed by atoms with Gasteiger partial charge in [-0.05, 0) is 12.1 Å². The highest BCUT2D eigenvalue weighted by atomic mass is 32.3. The third-order valence-electron chi connectivity index (χ3n) is 1.73. The van der Waals surface area contributed by atoms with Crippen molar-refractivity contribution < 1.29 is 31.3 Å². The SMILES string of the molecule is COc1c(F)cc(S(=O)(=O)F)cc1C(=O)O. The quantitative estimate of drug-likeness (QED) is 0.817. The van der Waals surface area contributed by atoms with Crippen molar-refractivity contribution in [3.05, 3.63) is 23.5 Å². The van der Waals surface area contributed by atoms with Gasteiger partial charge in [-0.25, -0.2) is 9.18 Å². The van der Waals surface area contributed by atoms with Crippen LogP contribution in [0.15, 0.2) is 17.0 Å². The van der Waals surface area contributed by atoms with E-state index in [0.29, 0.717) is 12.1 Å². The Balaban J connectivity index is 3.59. The molecule has 0 fully saturated rings. The third-order valence-corrected chi connectivity index (χ3v) is 2.53. The molecule has 1 rings (SSSR count). The number of hydrogen-bond acceptors (Lipinski definition) is 4. The molecule has 16 heavy (non-hydrogen) atoms. The Hall–Kier alpha value is -1.70. The predicted octanol–water partition coefficient (Wildman–Crippen LogP) is 1.19. The number of halogens is 2. The van der Waals surface area contributed by atoms with E-state index in [-0.39, 0.29) is 0 Å². The van der Waals surface area contributed by atoms with E-state index in [1.165, 1.54) is 0 Å². The Labute approximate surface area is 89.5 Å². The number of hydrogen-bond donors (Lipinski definition) is 1. The maximum absolute atomic E-state index is 13.2. The van der Waals surface area contributed by atoms with Gasteiger partial charge in [0.15, 0.2) is 11.6 Å². The molecule has 1 aromatic carbocycles. The van der Waals surface area contributed by atoms with Crippen LogP contribution in [0.5, 0.6) is 5.75 Å². The van der Waals surface area contributed by atoms with Gasteiger partial charge < -0.3 is 9.84 Å². The van der Waals surface area contributed by atoms with Crippen molar-refractivity contribution in [1.29, 1.82) is 0 Å². The minimum Gasteiger partial charge on any atom is -0.493 e. The highest BCUT2D eigenvalue weighted by Gasteiger charge is 2.22. The number of carbonyl (C=O) groups is 1. The van der Waals surface area contributed by atoms with Crippen LogP contribution in [0.4, 0.5) is 8.28 Å². The molecule has 0 aromatic heterocycles. The van der Waals surface area contributed by atoms with Crippen molar-refractivity contribution in [3.63, 3.8) is 0 Å². The van der Waals surface area contributed by atoms with Crippen LogP contribution in [0.3, 0.4) is 0 Å². The molecule has 0 unspecified atom stereocenters. The molecule has 1 aromatic rings. The summed E-state index contributed by atoms with van der Waals surface area (Å²) < 4.78 is 51.2. The molecule has 8 heteroatoms. The number of benzene rings is 1. The Morgan fingerprint density at radius 1 is 1.44 bits per heavy atom. The maximum Gasteiger partial charge on any atom is 0.339 e. The smallest absolute Gasteiger partial charge is 0.339 e. The van der Waals surface area contributed by atoms with Crippen LogP contribution < -0.4 is 4.74 Å². The van der Waals surface area contributed by atoms with E-state index in [1.54, 1.807) is 0 Å². The van der Waals surface area contributed by atoms with E-state index in [0.717, 1.165) is 7.11 Å². The molecule has 0 aliphatic carbocycles. The van der Waals surface area contributed by atoms with Gasteiger partial charge in [0, 0.05) is 0 Å². The summed E-state index contributed by atoms with van der Waals surface area (Å²) in [7, 11) is -4.16. The standard InChI is InChI=1S/C8H6F2O5S/c1-15-7-5(8(11)12)2-4(3-6(7)9)16(10,13)14/h2-3H,1H3,(H,11,12). The Bertz CT molecular complexity index is 538. The first kappa shape index (κ1) is 12.4. The van der Waals surface area contributed by atoms with Crippen molar-refractivity contribution in [2.75, 3.05) is 7.11 Å². The number of methoxy groups -OCH3 is 1. The van der Waals surface area contributed by atoms with E-state index in [1.807, 2.05) is 0 Å². The molecule has 0 aliphatic rings. The number of aromatic carboxylic acids is 1. The Morgan fingerprint density at radius 3 is 2.38 bits per heavy atom. The summed E-state index contributed by atoms with van der Waals surface area (Å²) in [5, 5.41) is 8.65. The summed E-state index contributed by atoms with van der Waals surface area (Å²) in [5.74, 6) is -3.54. The minimum atomic E-state index is -5.17. The lowest BCUT2D eigenvalue weighted by atomic mass is 10.2. The molecule has 88 valence electrons. The van der Waals surface area contributed by atoms with Crippen molar-refractivity contribution in [1.82, 2.24) is 0 Å². The predicted molar refractivity (Wildman–Crippen MR) is 48.2 cm³/mol. The number of carboxylic acids is 1. The summed E-state index contributed by atoms with van der Waals surface area (Å²) in [6, 6.07) is 0.834. The topological polar surface area (TPSA) is 80.7 Å². The zero-order valence-corrected chi connectivity index (χ0v) is 8.72. The van der Waals surface area contributed by atoms with E-state index in [2.05, 4.69) is 4.74 Å². The molecule has 1 N–H and O–H groups in total. The molecule has 0 bridgehead atoms. The molecule has 0 heterocycles. The molecule has 0 saturated carbocycles. The fraction of sp³-hybridized carbons (Fsp3) is 0.125. The lowest BCUT2D eigenvalue weighted by molar-refractivity contribution is 0.0692. The van der Waals surface area contributed by atoms with Crippen LogP contribution in [0, 0.1) is 5.82 Å². The van der Waals surface area contributed by atoms with Crippen LogP contribution in [-0.4, -0.2) is 26.6 Å². The van der Waals surface area contributed by atoms with Gasteiger partial charge in [0.25, 0.3) is 0 Å². The van der Waals surface area contributed by atoms with E-state index in [9.17, 15) is 21.5 Å². The minimum absolute atomic E-state index is 0.348. The van der Waals surface area contributed by atoms with Crippen LogP contribution >= 0.6 is 0 Å². The van der Waals surface area contributed by atoms with Gasteiger partial charge in [0.1, 0.15) is 10.5 Å². The monoisotopic (exact) mass is 252 g/mol. The Kier molecular flexibility index (Phi) is 3.13. The van der Waals surface area contributed by atoms with Crippen molar-refractivity contribution in [2.45, 2.75) is 4.90 Å². The molecule has 0 aliphatic heterocycles. The van der Waals surface area contributed by atoms with Gasteiger partial charge in [-0.3, -0.25) is 0 Å². The molecule has 0 amide bonds. The van der Waals surface area contributed by atoms with E-state index >= 15 is 0 Å². The number of ether oxygens (including phenoxy) is 1. The number of rotatable bonds is 3. The van der Waals surface area contributed by atoms with Gasteiger partial charge >= 0.3 is 16.2 Å². The zero-order chi connectivity index (χ0) is 12.5. The average molecular weight is 252 g/mol. The largest absolute Gasteiger partial charge is 0.493 e. The van der Waals surface area contributed by atoms with Crippen LogP contribution in [0.25, 0.3) is 0 Å². The van der Waals surface area contributed by atoms with Crippen molar-refractivity contribution >= 4 is 16.2 Å². The third kappa shape index (κ3) is 2.27. The second-order valence-electron chi connectivity index (χ2n) is 2.73. The van der Waals surface area contributed by atoms with Gasteiger partial charge in [-0.15, -0.1) is 3.89 Å². The van der Waals surface area contributed by atoms with Crippen molar-refractivity contribution in [2.24, 2.45) is 0 Å². The maximum atomic E-state index is 13.2. The van der Waals surface area contributed by atoms with Gasteiger partial charge in [-0.2, -0.15) is 8.42 Å². The highest BCUT2D eigenvalue weighted by molar-refractivity contribution is 7.86. The summed E-state index contributed by atoms with van der Waals surface area (Å²) in [6.07, 6.45) is 0. The molecular formula is C8H6F2O5S. The molecule has 0 saturated heterocycles. The summed E-state index contributed by atoms with van der Waals surface area (Å²) in [4.78, 5) is 9.58. The van der Waals surface area contributed by atoms with Crippen LogP contribution in [-0.2, 0) is 10.2 Å². The molecule has 0 atom stereocenters. The van der Waals surface area contributed by atoms with E-state index < -0.39 is 38.2 Å². The van der Waals surface area contributed by atoms with Crippen LogP contribution in [0.2, 0.25) is 0 Å². The highest BCUT2D eigenvalue weighted by Crippen LogP contribution is 2.27. The first-order valence-electron chi connectivity index (χ1n) is 3.83. The normalized spacial score (nSPS) is 11.2. The molecule has 5 nitrogen and oxygen atoms in total. The lowest BCUT2D eigenvalue weighted by Crippen LogP contribution is -2.05. The zero-order valence-electron chi connectivity index (χ0n) is 7.90. The van der Waals surface area contributed by atoms with Gasteiger partial charge in [0.2, 0.25) is 0 Å². The van der Waals surface area contributed by atoms with E-state index in [4.69, 9.17) is 5.11 Å². The fourth-order valence-electron chi connectivity index (χ4n) is 1.08. The first-order valence-corrected chi connectivity index (χ1v) is 5.21. The molecule has 0 spiro atoms. The van der Waals surface area contributed by atoms with Crippen molar-refractivity contribution in [3.8, 4) is 5.75 Å². The second-order valence-corrected chi connectivity index (χ2v) is 4.08. The molecule has 0 radical (unpaired) electrons. The second kappa shape index (κ2) is 4.05. The molecular weight excluding hydrogens is 246 g/mol. The summed E-state index contributed by atoms with van der Waals surface area (Å²) in [6.45, 7) is 0. The first-order chi connectivity index (χ1) is 7.27. The summed E-state index contributed by atoms with van der Waals surface area (Å²) in [5.41, 5.74) is -0.765. The fourth-order valence-corrected chi connectivity index (χ4v) is 1.58. The van der Waals surface area contributed by atoms with Gasteiger partial charge in [0.05, 0.1) is 7.11 Å². The number of carboxylic acid groups (broad SMARTS) is 1. The summed E-state index contributed by atoms with van der Waals surface area (Å²) >= 11 is 0.